The van der Waals surface area contributed by atoms with Gasteiger partial charge in [0.05, 0.1) is 27.2 Å². The first-order valence-corrected chi connectivity index (χ1v) is 14.1. The second kappa shape index (κ2) is 20.3. The molecule has 0 aliphatic carbocycles. The number of hydrogen-bond acceptors (Lipinski definition) is 3. The number of nitrogens with zero attached hydrogens (tertiary/aromatic N) is 1. The van der Waals surface area contributed by atoms with Crippen LogP contribution in [0.3, 0.4) is 0 Å². The Balaban J connectivity index is 0. The van der Waals surface area contributed by atoms with E-state index in [1.54, 1.807) is 0 Å². The smallest absolute Gasteiger partial charge is 0.501 e. The van der Waals surface area contributed by atoms with Crippen LogP contribution in [0, 0.1) is 0 Å². The van der Waals surface area contributed by atoms with Gasteiger partial charge in [0.1, 0.15) is 0 Å². The largest absolute Gasteiger partial charge is 1.00 e. The second-order valence-corrected chi connectivity index (χ2v) is 11.4. The van der Waals surface area contributed by atoms with Crippen molar-refractivity contribution in [2.24, 2.45) is 0 Å². The fourth-order valence-corrected chi connectivity index (χ4v) is 6.46. The third-order valence-electron chi connectivity index (χ3n) is 5.46. The van der Waals surface area contributed by atoms with Crippen molar-refractivity contribution in [3.05, 3.63) is 0 Å². The average molecular weight is 454 g/mol. The molecular weight excluding hydrogens is 402 g/mol. The lowest BCUT2D eigenvalue weighted by atomic mass is 10.1. The predicted molar refractivity (Wildman–Crippen MR) is 124 cm³/mol. The van der Waals surface area contributed by atoms with Crippen molar-refractivity contribution in [3.8, 4) is 0 Å². The molecular formula is C23H52ClNO3Si. The van der Waals surface area contributed by atoms with Crippen LogP contribution in [-0.4, -0.2) is 60.3 Å². The first-order chi connectivity index (χ1) is 13.4. The molecule has 29 heavy (non-hydrogen) atoms. The highest BCUT2D eigenvalue weighted by atomic mass is 35.5. The molecule has 0 bridgehead atoms. The van der Waals surface area contributed by atoms with Gasteiger partial charge in [-0.25, -0.2) is 0 Å². The summed E-state index contributed by atoms with van der Waals surface area (Å²) in [4.78, 5) is 0. The van der Waals surface area contributed by atoms with Gasteiger partial charge in [0.25, 0.3) is 0 Å². The number of unbranched alkanes of at least 4 members (excludes halogenated alkanes) is 9. The molecule has 0 amide bonds. The van der Waals surface area contributed by atoms with Crippen LogP contribution in [0.1, 0.15) is 98.3 Å². The van der Waals surface area contributed by atoms with Crippen molar-refractivity contribution < 1.29 is 30.2 Å². The SMILES string of the molecule is CCCCCCCCCCCC[N+](C)(C)CCC[Si](OCC)(OCC)OCC.[Cl-]. The predicted octanol–water partition coefficient (Wildman–Crippen LogP) is 3.43. The zero-order chi connectivity index (χ0) is 21.1. The van der Waals surface area contributed by atoms with Gasteiger partial charge in [-0.1, -0.05) is 58.3 Å². The lowest BCUT2D eigenvalue weighted by Crippen LogP contribution is -3.00. The third-order valence-corrected chi connectivity index (χ3v) is 8.61. The molecule has 0 aromatic heterocycles. The minimum absolute atomic E-state index is 0. The van der Waals surface area contributed by atoms with E-state index in [2.05, 4.69) is 21.0 Å². The maximum Gasteiger partial charge on any atom is 0.501 e. The summed E-state index contributed by atoms with van der Waals surface area (Å²) in [5, 5.41) is 0. The first-order valence-electron chi connectivity index (χ1n) is 12.2. The van der Waals surface area contributed by atoms with Crippen LogP contribution in [-0.2, 0) is 13.3 Å². The summed E-state index contributed by atoms with van der Waals surface area (Å²) in [6, 6.07) is 0.933. The summed E-state index contributed by atoms with van der Waals surface area (Å²) in [6.07, 6.45) is 15.2. The van der Waals surface area contributed by atoms with Crippen molar-refractivity contribution in [2.45, 2.75) is 104 Å². The van der Waals surface area contributed by atoms with Crippen molar-refractivity contribution in [1.29, 1.82) is 0 Å². The molecule has 0 unspecified atom stereocenters. The van der Waals surface area contributed by atoms with Gasteiger partial charge in [0.15, 0.2) is 0 Å². The van der Waals surface area contributed by atoms with Crippen LogP contribution in [0.4, 0.5) is 0 Å². The zero-order valence-corrected chi connectivity index (χ0v) is 22.3. The van der Waals surface area contributed by atoms with Crippen molar-refractivity contribution in [1.82, 2.24) is 0 Å². The number of halogens is 1. The fraction of sp³-hybridized carbons (Fsp3) is 1.00. The highest BCUT2D eigenvalue weighted by molar-refractivity contribution is 6.60. The van der Waals surface area contributed by atoms with E-state index in [1.807, 2.05) is 20.8 Å². The maximum atomic E-state index is 5.98. The lowest BCUT2D eigenvalue weighted by Gasteiger charge is -2.32. The summed E-state index contributed by atoms with van der Waals surface area (Å²) in [7, 11) is 2.25. The molecule has 0 N–H and O–H groups in total. The van der Waals surface area contributed by atoms with Gasteiger partial charge in [0.2, 0.25) is 0 Å². The van der Waals surface area contributed by atoms with Gasteiger partial charge in [0, 0.05) is 32.3 Å². The van der Waals surface area contributed by atoms with Crippen LogP contribution < -0.4 is 12.4 Å². The third kappa shape index (κ3) is 17.7. The Bertz CT molecular complexity index is 329. The maximum absolute atomic E-state index is 5.98. The van der Waals surface area contributed by atoms with E-state index in [-0.39, 0.29) is 12.4 Å². The fourth-order valence-electron chi connectivity index (χ4n) is 3.86. The molecule has 178 valence electrons. The molecule has 0 radical (unpaired) electrons. The van der Waals surface area contributed by atoms with E-state index in [9.17, 15) is 0 Å². The Labute approximate surface area is 190 Å². The van der Waals surface area contributed by atoms with E-state index in [4.69, 9.17) is 13.3 Å². The minimum Gasteiger partial charge on any atom is -1.00 e. The van der Waals surface area contributed by atoms with Gasteiger partial charge in [-0.2, -0.15) is 0 Å². The molecule has 0 atom stereocenters. The van der Waals surface area contributed by atoms with Crippen LogP contribution in [0.15, 0.2) is 0 Å². The van der Waals surface area contributed by atoms with E-state index in [1.165, 1.54) is 77.3 Å². The summed E-state index contributed by atoms with van der Waals surface area (Å²) >= 11 is 0. The zero-order valence-electron chi connectivity index (χ0n) is 20.6. The van der Waals surface area contributed by atoms with Crippen LogP contribution in [0.25, 0.3) is 0 Å². The second-order valence-electron chi connectivity index (χ2n) is 8.65. The Morgan fingerprint density at radius 1 is 0.552 bits per heavy atom. The quantitative estimate of drug-likeness (QED) is 0.151. The molecule has 0 aliphatic rings. The van der Waals surface area contributed by atoms with Gasteiger partial charge in [-0.05, 0) is 33.6 Å². The number of rotatable bonds is 21. The first kappa shape index (κ1) is 31.5. The topological polar surface area (TPSA) is 27.7 Å². The van der Waals surface area contributed by atoms with Gasteiger partial charge in [-0.3, -0.25) is 0 Å². The normalized spacial score (nSPS) is 12.2. The van der Waals surface area contributed by atoms with E-state index < -0.39 is 8.80 Å². The molecule has 0 rings (SSSR count). The van der Waals surface area contributed by atoms with E-state index in [0.717, 1.165) is 16.9 Å². The van der Waals surface area contributed by atoms with Crippen LogP contribution in [0.5, 0.6) is 0 Å². The molecule has 4 nitrogen and oxygen atoms in total. The number of quaternary nitrogens is 1. The molecule has 0 aliphatic heterocycles. The molecule has 0 aromatic carbocycles. The van der Waals surface area contributed by atoms with Gasteiger partial charge >= 0.3 is 8.80 Å². The molecule has 6 heteroatoms. The number of hydrogen-bond donors (Lipinski definition) is 0. The highest BCUT2D eigenvalue weighted by Crippen LogP contribution is 2.20. The van der Waals surface area contributed by atoms with Crippen molar-refractivity contribution in [3.63, 3.8) is 0 Å². The van der Waals surface area contributed by atoms with Crippen molar-refractivity contribution >= 4 is 8.80 Å². The van der Waals surface area contributed by atoms with E-state index in [0.29, 0.717) is 19.8 Å². The standard InChI is InChI=1S/C23H52NO3Si.ClH/c1-7-11-12-13-14-15-16-17-18-19-21-24(5,6)22-20-23-28(25-8-2,26-9-3)27-10-4;/h7-23H2,1-6H3;1H/q+1;/p-1. The summed E-state index contributed by atoms with van der Waals surface area (Å²) in [5.41, 5.74) is 0. The monoisotopic (exact) mass is 453 g/mol. The van der Waals surface area contributed by atoms with Gasteiger partial charge in [-0.15, -0.1) is 0 Å². The molecule has 0 saturated heterocycles. The molecule has 0 aromatic rings. The van der Waals surface area contributed by atoms with Crippen LogP contribution in [0.2, 0.25) is 6.04 Å². The molecule has 0 saturated carbocycles. The highest BCUT2D eigenvalue weighted by Gasteiger charge is 2.40. The molecule has 0 fully saturated rings. The Kier molecular flexibility index (Phi) is 22.0. The van der Waals surface area contributed by atoms with Gasteiger partial charge < -0.3 is 30.2 Å². The summed E-state index contributed by atoms with van der Waals surface area (Å²) in [5.74, 6) is 0. The Morgan fingerprint density at radius 2 is 0.931 bits per heavy atom. The Hall–Kier alpha value is 0.347. The average Bonchev–Trinajstić information content (AvgIpc) is 2.64. The molecule has 0 spiro atoms. The summed E-state index contributed by atoms with van der Waals surface area (Å²) < 4.78 is 19.0. The Morgan fingerprint density at radius 3 is 1.34 bits per heavy atom. The minimum atomic E-state index is -2.47. The van der Waals surface area contributed by atoms with Crippen LogP contribution >= 0.6 is 0 Å². The molecule has 0 heterocycles. The van der Waals surface area contributed by atoms with Crippen molar-refractivity contribution in [2.75, 3.05) is 47.0 Å². The lowest BCUT2D eigenvalue weighted by molar-refractivity contribution is -0.890. The summed E-state index contributed by atoms with van der Waals surface area (Å²) in [6.45, 7) is 12.8. The van der Waals surface area contributed by atoms with E-state index >= 15 is 0 Å².